The number of anilines is 2. The summed E-state index contributed by atoms with van der Waals surface area (Å²) in [6.45, 7) is 0. The van der Waals surface area contributed by atoms with Crippen molar-refractivity contribution in [1.29, 1.82) is 0 Å². The lowest BCUT2D eigenvalue weighted by Gasteiger charge is -2.13. The van der Waals surface area contributed by atoms with E-state index in [9.17, 15) is 26.7 Å². The maximum Gasteiger partial charge on any atom is 0.434 e. The van der Waals surface area contributed by atoms with E-state index < -0.39 is 46.4 Å². The number of ether oxygens (including phenoxy) is 1. The summed E-state index contributed by atoms with van der Waals surface area (Å²) in [6, 6.07) is 5.05. The first-order valence-corrected chi connectivity index (χ1v) is 9.72. The monoisotopic (exact) mass is 501 g/mol. The van der Waals surface area contributed by atoms with Crippen LogP contribution in [-0.4, -0.2) is 30.9 Å². The van der Waals surface area contributed by atoms with Gasteiger partial charge in [-0.3, -0.25) is 4.79 Å². The fourth-order valence-electron chi connectivity index (χ4n) is 3.09. The first-order chi connectivity index (χ1) is 17.1. The first-order valence-electron chi connectivity index (χ1n) is 9.72. The average molecular weight is 501 g/mol. The van der Waals surface area contributed by atoms with Crippen molar-refractivity contribution < 1.29 is 31.5 Å². The van der Waals surface area contributed by atoms with E-state index in [1.54, 1.807) is 0 Å². The predicted octanol–water partition coefficient (Wildman–Crippen LogP) is 3.96. The number of nitrogens with two attached hydrogens (primary N) is 1. The Morgan fingerprint density at radius 3 is 2.50 bits per heavy atom. The fraction of sp³-hybridized carbons (Fsp3) is 0.0455. The third kappa shape index (κ3) is 4.62. The number of amides is 1. The highest BCUT2D eigenvalue weighted by Gasteiger charge is 2.41. The molecule has 36 heavy (non-hydrogen) atoms. The Balaban J connectivity index is 1.64. The second-order valence-electron chi connectivity index (χ2n) is 6.94. The first kappa shape index (κ1) is 24.1. The van der Waals surface area contributed by atoms with Gasteiger partial charge in [0.2, 0.25) is 0 Å². The third-order valence-corrected chi connectivity index (χ3v) is 4.61. The van der Waals surface area contributed by atoms with Crippen molar-refractivity contribution in [1.82, 2.24) is 25.0 Å². The zero-order valence-corrected chi connectivity index (χ0v) is 17.7. The van der Waals surface area contributed by atoms with Crippen LogP contribution in [0.25, 0.3) is 5.82 Å². The average Bonchev–Trinajstić information content (AvgIpc) is 3.28. The molecule has 3 N–H and O–H groups in total. The molecular weight excluding hydrogens is 489 g/mol. The van der Waals surface area contributed by atoms with E-state index in [1.807, 2.05) is 5.32 Å². The van der Waals surface area contributed by atoms with E-state index in [-0.39, 0.29) is 22.9 Å². The van der Waals surface area contributed by atoms with Gasteiger partial charge < -0.3 is 15.8 Å². The van der Waals surface area contributed by atoms with Crippen LogP contribution in [0.15, 0.2) is 48.9 Å². The van der Waals surface area contributed by atoms with Gasteiger partial charge in [-0.25, -0.2) is 18.4 Å². The highest BCUT2D eigenvalue weighted by molar-refractivity contribution is 6.05. The number of hydrogen-bond donors (Lipinski definition) is 2. The molecule has 14 heteroatoms. The second-order valence-corrected chi connectivity index (χ2v) is 6.94. The van der Waals surface area contributed by atoms with Gasteiger partial charge in [-0.2, -0.15) is 23.4 Å². The number of halogens is 5. The Labute approximate surface area is 198 Å². The molecule has 9 nitrogen and oxygen atoms in total. The number of nitrogens with zero attached hydrogens (tertiary/aromatic N) is 5. The third-order valence-electron chi connectivity index (χ3n) is 4.61. The minimum absolute atomic E-state index is 0.0477. The number of benzene rings is 1. The van der Waals surface area contributed by atoms with Crippen LogP contribution < -0.4 is 15.8 Å². The SMILES string of the molecule is C#Cc1c(Oc2c(F)cc(NC(=O)c3cnn(-c4cccnn4)c3C(F)(F)F)cc2F)ccnc1N. The normalized spacial score (nSPS) is 11.1. The number of nitrogens with one attached hydrogen (secondary N) is 1. The van der Waals surface area contributed by atoms with Crippen molar-refractivity contribution in [2.24, 2.45) is 0 Å². The summed E-state index contributed by atoms with van der Waals surface area (Å²) in [5.41, 5.74) is 2.70. The van der Waals surface area contributed by atoms with Gasteiger partial charge in [0.25, 0.3) is 5.91 Å². The summed E-state index contributed by atoms with van der Waals surface area (Å²) in [5, 5.41) is 12.6. The maximum absolute atomic E-state index is 14.7. The summed E-state index contributed by atoms with van der Waals surface area (Å²) >= 11 is 0. The molecular formula is C22H12F5N7O2. The minimum Gasteiger partial charge on any atom is -0.450 e. The number of terminal acetylenes is 1. The lowest BCUT2D eigenvalue weighted by molar-refractivity contribution is -0.143. The molecule has 3 aromatic heterocycles. The van der Waals surface area contributed by atoms with E-state index in [4.69, 9.17) is 16.9 Å². The van der Waals surface area contributed by atoms with Crippen molar-refractivity contribution in [3.8, 4) is 29.7 Å². The van der Waals surface area contributed by atoms with Gasteiger partial charge in [-0.05, 0) is 12.1 Å². The van der Waals surface area contributed by atoms with Crippen molar-refractivity contribution in [3.05, 3.63) is 77.4 Å². The molecule has 0 spiro atoms. The molecule has 0 bridgehead atoms. The van der Waals surface area contributed by atoms with E-state index in [2.05, 4.69) is 26.2 Å². The van der Waals surface area contributed by atoms with Crippen LogP contribution in [0.3, 0.4) is 0 Å². The molecule has 0 aliphatic rings. The number of rotatable bonds is 5. The highest BCUT2D eigenvalue weighted by Crippen LogP contribution is 2.35. The molecule has 0 fully saturated rings. The lowest BCUT2D eigenvalue weighted by Crippen LogP contribution is -2.21. The Morgan fingerprint density at radius 2 is 1.89 bits per heavy atom. The topological polar surface area (TPSA) is 121 Å². The molecule has 182 valence electrons. The molecule has 1 aromatic carbocycles. The van der Waals surface area contributed by atoms with Gasteiger partial charge in [0.05, 0.1) is 11.8 Å². The highest BCUT2D eigenvalue weighted by atomic mass is 19.4. The number of pyridine rings is 1. The zero-order chi connectivity index (χ0) is 26.0. The summed E-state index contributed by atoms with van der Waals surface area (Å²) in [7, 11) is 0. The van der Waals surface area contributed by atoms with Gasteiger partial charge in [-0.15, -0.1) is 11.5 Å². The smallest absolute Gasteiger partial charge is 0.434 e. The number of carbonyl (C=O) groups is 1. The van der Waals surface area contributed by atoms with Gasteiger partial charge in [0.1, 0.15) is 17.1 Å². The Morgan fingerprint density at radius 1 is 1.17 bits per heavy atom. The molecule has 4 aromatic rings. The molecule has 0 unspecified atom stereocenters. The van der Waals surface area contributed by atoms with Gasteiger partial charge >= 0.3 is 6.18 Å². The van der Waals surface area contributed by atoms with Crippen LogP contribution in [0.1, 0.15) is 21.6 Å². The van der Waals surface area contributed by atoms with Crippen LogP contribution in [0.5, 0.6) is 11.5 Å². The Kier molecular flexibility index (Phi) is 6.22. The summed E-state index contributed by atoms with van der Waals surface area (Å²) in [4.78, 5) is 16.4. The minimum atomic E-state index is -5.03. The number of aromatic nitrogens is 5. The lowest BCUT2D eigenvalue weighted by atomic mass is 10.2. The van der Waals surface area contributed by atoms with Gasteiger partial charge in [0, 0.05) is 36.3 Å². The van der Waals surface area contributed by atoms with Crippen LogP contribution in [0.4, 0.5) is 33.5 Å². The molecule has 0 atom stereocenters. The summed E-state index contributed by atoms with van der Waals surface area (Å²) in [5.74, 6) is -3.17. The van der Waals surface area contributed by atoms with E-state index >= 15 is 0 Å². The molecule has 4 rings (SSSR count). The predicted molar refractivity (Wildman–Crippen MR) is 115 cm³/mol. The number of nitrogen functional groups attached to an aromatic ring is 1. The quantitative estimate of drug-likeness (QED) is 0.314. The second kappa shape index (κ2) is 9.29. The van der Waals surface area contributed by atoms with E-state index in [1.165, 1.54) is 30.6 Å². The largest absolute Gasteiger partial charge is 0.450 e. The molecule has 0 aliphatic heterocycles. The van der Waals surface area contributed by atoms with Crippen molar-refractivity contribution in [3.63, 3.8) is 0 Å². The van der Waals surface area contributed by atoms with Crippen LogP contribution in [-0.2, 0) is 6.18 Å². The van der Waals surface area contributed by atoms with Gasteiger partial charge in [0.15, 0.2) is 28.9 Å². The van der Waals surface area contributed by atoms with E-state index in [0.29, 0.717) is 23.0 Å². The summed E-state index contributed by atoms with van der Waals surface area (Å²) < 4.78 is 76.1. The van der Waals surface area contributed by atoms with Crippen molar-refractivity contribution in [2.75, 3.05) is 11.1 Å². The van der Waals surface area contributed by atoms with Crippen LogP contribution >= 0.6 is 0 Å². The Hall–Kier alpha value is -5.06. The molecule has 3 heterocycles. The van der Waals surface area contributed by atoms with Crippen molar-refractivity contribution >= 4 is 17.4 Å². The van der Waals surface area contributed by atoms with E-state index in [0.717, 1.165) is 0 Å². The van der Waals surface area contributed by atoms with Crippen LogP contribution in [0, 0.1) is 24.0 Å². The standard InChI is InChI=1S/C22H12F5N7O2/c1-2-12-16(5-7-29-20(12)28)36-18-14(23)8-11(9-15(18)24)32-21(35)13-10-31-34(19(13)22(25,26)27)17-4-3-6-30-33-17/h1,3-10H,(H2,28,29)(H,32,35). The summed E-state index contributed by atoms with van der Waals surface area (Å²) in [6.07, 6.45) is 3.37. The number of hydrogen-bond acceptors (Lipinski definition) is 7. The maximum atomic E-state index is 14.7. The molecule has 1 amide bonds. The number of alkyl halides is 3. The van der Waals surface area contributed by atoms with Crippen LogP contribution in [0.2, 0.25) is 0 Å². The Bertz CT molecular complexity index is 1470. The fourth-order valence-corrected chi connectivity index (χ4v) is 3.09. The molecule has 0 saturated heterocycles. The number of carbonyl (C=O) groups excluding carboxylic acids is 1. The molecule has 0 saturated carbocycles. The molecule has 0 aliphatic carbocycles. The van der Waals surface area contributed by atoms with Gasteiger partial charge in [-0.1, -0.05) is 5.92 Å². The van der Waals surface area contributed by atoms with Crippen molar-refractivity contribution in [2.45, 2.75) is 6.18 Å². The molecule has 0 radical (unpaired) electrons. The zero-order valence-electron chi connectivity index (χ0n) is 17.7.